The Kier molecular flexibility index (Phi) is 5.67. The topological polar surface area (TPSA) is 124 Å². The number of aromatic nitrogens is 2. The van der Waals surface area contributed by atoms with Crippen LogP contribution in [0.5, 0.6) is 0 Å². The molecule has 1 atom stereocenters. The minimum absolute atomic E-state index is 0.0267. The number of halogens is 1. The van der Waals surface area contributed by atoms with Crippen molar-refractivity contribution in [1.29, 1.82) is 0 Å². The van der Waals surface area contributed by atoms with Crippen molar-refractivity contribution < 1.29 is 24.3 Å². The van der Waals surface area contributed by atoms with E-state index in [4.69, 9.17) is 11.6 Å². The maximum atomic E-state index is 13.0. The second-order valence-electron chi connectivity index (χ2n) is 7.52. The van der Waals surface area contributed by atoms with Crippen molar-refractivity contribution in [3.05, 3.63) is 64.4 Å². The maximum absolute atomic E-state index is 13.0. The van der Waals surface area contributed by atoms with Gasteiger partial charge in [0.25, 0.3) is 17.6 Å². The highest BCUT2D eigenvalue weighted by atomic mass is 35.5. The number of Topliss-reactive ketones (excluding diaryl/α,β-unsaturated/α-hetero) is 1. The van der Waals surface area contributed by atoms with Crippen LogP contribution in [0.4, 0.5) is 0 Å². The van der Waals surface area contributed by atoms with Crippen LogP contribution in [0.2, 0.25) is 5.15 Å². The standard InChI is InChI=1S/C22H19ClN4O5/c1-12-11-26(20(29)13-5-3-2-4-6-13)7-8-27(12)21(30)19(28)15-10-24-17-14(22(31)32)9-16(23)25-18(15)17/h2-6,9-10,12,24H,7-8,11H2,1H3,(H,31,32). The molecule has 0 saturated carbocycles. The first-order chi connectivity index (χ1) is 15.3. The van der Waals surface area contributed by atoms with E-state index in [9.17, 15) is 24.3 Å². The van der Waals surface area contributed by atoms with Gasteiger partial charge in [0, 0.05) is 37.4 Å². The molecule has 2 aromatic heterocycles. The molecule has 4 rings (SSSR count). The second kappa shape index (κ2) is 8.43. The van der Waals surface area contributed by atoms with Gasteiger partial charge in [0.15, 0.2) is 0 Å². The lowest BCUT2D eigenvalue weighted by molar-refractivity contribution is -0.130. The number of nitrogens with one attached hydrogen (secondary N) is 1. The molecular weight excluding hydrogens is 436 g/mol. The molecule has 1 aliphatic heterocycles. The molecule has 1 aromatic carbocycles. The SMILES string of the molecule is CC1CN(C(=O)c2ccccc2)CCN1C(=O)C(=O)c1c[nH]c2c(C(=O)O)cc(Cl)nc12. The average Bonchev–Trinajstić information content (AvgIpc) is 3.21. The lowest BCUT2D eigenvalue weighted by atomic mass is 10.1. The van der Waals surface area contributed by atoms with Crippen molar-refractivity contribution in [1.82, 2.24) is 19.8 Å². The number of benzene rings is 1. The van der Waals surface area contributed by atoms with Gasteiger partial charge in [-0.3, -0.25) is 14.4 Å². The summed E-state index contributed by atoms with van der Waals surface area (Å²) in [6.07, 6.45) is 1.26. The number of aromatic amines is 1. The number of ketones is 1. The minimum Gasteiger partial charge on any atom is -0.478 e. The molecule has 1 saturated heterocycles. The number of fused-ring (bicyclic) bond motifs is 1. The van der Waals surface area contributed by atoms with E-state index < -0.39 is 17.7 Å². The Morgan fingerprint density at radius 1 is 1.12 bits per heavy atom. The van der Waals surface area contributed by atoms with Crippen LogP contribution >= 0.6 is 11.6 Å². The van der Waals surface area contributed by atoms with E-state index in [2.05, 4.69) is 9.97 Å². The van der Waals surface area contributed by atoms with Crippen LogP contribution in [0, 0.1) is 0 Å². The summed E-state index contributed by atoms with van der Waals surface area (Å²) < 4.78 is 0. The average molecular weight is 455 g/mol. The highest BCUT2D eigenvalue weighted by Gasteiger charge is 2.34. The lowest BCUT2D eigenvalue weighted by Gasteiger charge is -2.39. The van der Waals surface area contributed by atoms with Gasteiger partial charge in [-0.05, 0) is 25.1 Å². The van der Waals surface area contributed by atoms with E-state index in [0.717, 1.165) is 0 Å². The van der Waals surface area contributed by atoms with Gasteiger partial charge in [0.2, 0.25) is 0 Å². The summed E-state index contributed by atoms with van der Waals surface area (Å²) in [6, 6.07) is 9.64. The van der Waals surface area contributed by atoms with Gasteiger partial charge in [-0.1, -0.05) is 29.8 Å². The number of aromatic carboxylic acids is 1. The van der Waals surface area contributed by atoms with E-state index in [1.807, 2.05) is 6.07 Å². The van der Waals surface area contributed by atoms with Gasteiger partial charge >= 0.3 is 5.97 Å². The van der Waals surface area contributed by atoms with E-state index in [0.29, 0.717) is 5.56 Å². The Balaban J connectivity index is 1.54. The Hall–Kier alpha value is -3.72. The van der Waals surface area contributed by atoms with Crippen LogP contribution in [0.15, 0.2) is 42.6 Å². The zero-order valence-electron chi connectivity index (χ0n) is 17.0. The summed E-state index contributed by atoms with van der Waals surface area (Å²) in [5, 5.41) is 9.26. The van der Waals surface area contributed by atoms with Crippen molar-refractivity contribution in [2.45, 2.75) is 13.0 Å². The first kappa shape index (κ1) is 21.5. The van der Waals surface area contributed by atoms with Gasteiger partial charge < -0.3 is 19.9 Å². The summed E-state index contributed by atoms with van der Waals surface area (Å²) in [5.74, 6) is -2.94. The third-order valence-electron chi connectivity index (χ3n) is 5.47. The quantitative estimate of drug-likeness (QED) is 0.354. The number of carbonyl (C=O) groups is 4. The molecule has 2 amide bonds. The Bertz CT molecular complexity index is 1240. The number of H-pyrrole nitrogens is 1. The number of piperazine rings is 1. The van der Waals surface area contributed by atoms with E-state index in [-0.39, 0.29) is 58.9 Å². The predicted octanol–water partition coefficient (Wildman–Crippen LogP) is 2.47. The molecular formula is C22H19ClN4O5. The summed E-state index contributed by atoms with van der Waals surface area (Å²) in [4.78, 5) is 59.9. The lowest BCUT2D eigenvalue weighted by Crippen LogP contribution is -2.56. The fourth-order valence-corrected chi connectivity index (χ4v) is 4.06. The van der Waals surface area contributed by atoms with E-state index in [1.165, 1.54) is 17.2 Å². The predicted molar refractivity (Wildman–Crippen MR) is 116 cm³/mol. The second-order valence-corrected chi connectivity index (χ2v) is 7.90. The van der Waals surface area contributed by atoms with Crippen LogP contribution < -0.4 is 0 Å². The van der Waals surface area contributed by atoms with Gasteiger partial charge in [-0.15, -0.1) is 0 Å². The number of rotatable bonds is 4. The summed E-state index contributed by atoms with van der Waals surface area (Å²) in [5.41, 5.74) is 0.507. The number of carboxylic acids is 1. The van der Waals surface area contributed by atoms with Crippen LogP contribution in [0.3, 0.4) is 0 Å². The number of amides is 2. The molecule has 0 radical (unpaired) electrons. The number of carboxylic acid groups (broad SMARTS) is 1. The third-order valence-corrected chi connectivity index (χ3v) is 5.66. The first-order valence-corrected chi connectivity index (χ1v) is 10.3. The van der Waals surface area contributed by atoms with Gasteiger partial charge in [-0.2, -0.15) is 0 Å². The number of nitrogens with zero attached hydrogens (tertiary/aromatic N) is 3. The summed E-state index contributed by atoms with van der Waals surface area (Å²) >= 11 is 5.92. The minimum atomic E-state index is -1.24. The molecule has 0 aliphatic carbocycles. The molecule has 10 heteroatoms. The molecule has 1 unspecified atom stereocenters. The van der Waals surface area contributed by atoms with Crippen molar-refractivity contribution in [2.24, 2.45) is 0 Å². The molecule has 2 N–H and O–H groups in total. The highest BCUT2D eigenvalue weighted by molar-refractivity contribution is 6.45. The molecule has 1 aliphatic rings. The van der Waals surface area contributed by atoms with Gasteiger partial charge in [0.05, 0.1) is 16.6 Å². The zero-order valence-corrected chi connectivity index (χ0v) is 17.8. The van der Waals surface area contributed by atoms with Crippen molar-refractivity contribution in [3.63, 3.8) is 0 Å². The molecule has 1 fully saturated rings. The van der Waals surface area contributed by atoms with E-state index >= 15 is 0 Å². The largest absolute Gasteiger partial charge is 0.478 e. The van der Waals surface area contributed by atoms with Crippen molar-refractivity contribution >= 4 is 46.2 Å². The van der Waals surface area contributed by atoms with Crippen molar-refractivity contribution in [3.8, 4) is 0 Å². The molecule has 164 valence electrons. The molecule has 9 nitrogen and oxygen atoms in total. The van der Waals surface area contributed by atoms with Gasteiger partial charge in [0.1, 0.15) is 10.7 Å². The molecule has 32 heavy (non-hydrogen) atoms. The summed E-state index contributed by atoms with van der Waals surface area (Å²) in [7, 11) is 0. The number of hydrogen-bond acceptors (Lipinski definition) is 5. The van der Waals surface area contributed by atoms with Crippen LogP contribution in [0.1, 0.15) is 38.0 Å². The van der Waals surface area contributed by atoms with Crippen LogP contribution in [0.25, 0.3) is 11.0 Å². The highest BCUT2D eigenvalue weighted by Crippen LogP contribution is 2.25. The number of carbonyl (C=O) groups excluding carboxylic acids is 3. The van der Waals surface area contributed by atoms with Crippen molar-refractivity contribution in [2.75, 3.05) is 19.6 Å². The smallest absolute Gasteiger partial charge is 0.338 e. The zero-order chi connectivity index (χ0) is 23.0. The van der Waals surface area contributed by atoms with E-state index in [1.54, 1.807) is 36.1 Å². The first-order valence-electron chi connectivity index (χ1n) is 9.88. The molecule has 0 bridgehead atoms. The monoisotopic (exact) mass is 454 g/mol. The Morgan fingerprint density at radius 2 is 1.84 bits per heavy atom. The Morgan fingerprint density at radius 3 is 2.50 bits per heavy atom. The molecule has 3 aromatic rings. The van der Waals surface area contributed by atoms with Gasteiger partial charge in [-0.25, -0.2) is 9.78 Å². The fourth-order valence-electron chi connectivity index (χ4n) is 3.86. The number of pyridine rings is 1. The molecule has 3 heterocycles. The number of hydrogen-bond donors (Lipinski definition) is 2. The third kappa shape index (κ3) is 3.82. The Labute approximate surface area is 187 Å². The maximum Gasteiger partial charge on any atom is 0.338 e. The molecule has 0 spiro atoms. The summed E-state index contributed by atoms with van der Waals surface area (Å²) in [6.45, 7) is 2.54. The normalized spacial score (nSPS) is 16.2. The van der Waals surface area contributed by atoms with Crippen LogP contribution in [-0.4, -0.2) is 74.1 Å². The van der Waals surface area contributed by atoms with Crippen LogP contribution in [-0.2, 0) is 4.79 Å². The fraction of sp³-hybridized carbons (Fsp3) is 0.227.